The first kappa shape index (κ1) is 8.30. The highest BCUT2D eigenvalue weighted by Gasteiger charge is 2.57. The van der Waals surface area contributed by atoms with Crippen molar-refractivity contribution in [3.05, 3.63) is 29.1 Å². The fourth-order valence-corrected chi connectivity index (χ4v) is 2.26. The van der Waals surface area contributed by atoms with Crippen LogP contribution in [0.2, 0.25) is 0 Å². The monoisotopic (exact) mass is 191 g/mol. The van der Waals surface area contributed by atoms with Gasteiger partial charge in [0, 0.05) is 16.9 Å². The largest absolute Gasteiger partial charge is 0.562 e. The van der Waals surface area contributed by atoms with Crippen molar-refractivity contribution < 1.29 is 9.04 Å². The van der Waals surface area contributed by atoms with Crippen LogP contribution >= 0.6 is 0 Å². The molecule has 2 nitrogen and oxygen atoms in total. The van der Waals surface area contributed by atoms with E-state index in [9.17, 15) is 4.39 Å². The summed E-state index contributed by atoms with van der Waals surface area (Å²) in [6.07, 6.45) is 0.963. The molecule has 2 unspecified atom stereocenters. The number of hydrogen-bond acceptors (Lipinski definition) is 2. The van der Waals surface area contributed by atoms with Gasteiger partial charge in [-0.15, -0.1) is 0 Å². The van der Waals surface area contributed by atoms with Crippen LogP contribution in [0.4, 0.5) is 4.39 Å². The van der Waals surface area contributed by atoms with Crippen LogP contribution in [0, 0.1) is 12.7 Å². The average molecular weight is 191 g/mol. The first-order valence-electron chi connectivity index (χ1n) is 4.82. The van der Waals surface area contributed by atoms with Crippen molar-refractivity contribution in [2.24, 2.45) is 5.73 Å². The SMILES string of the molecule is Cc1c(F)ccc2c1OBC1(N)CC21. The van der Waals surface area contributed by atoms with E-state index >= 15 is 0 Å². The molecule has 0 radical (unpaired) electrons. The number of nitrogens with two attached hydrogens (primary N) is 1. The first-order chi connectivity index (χ1) is 6.62. The second-order valence-electron chi connectivity index (χ2n) is 4.37. The van der Waals surface area contributed by atoms with Crippen molar-refractivity contribution in [3.63, 3.8) is 0 Å². The summed E-state index contributed by atoms with van der Waals surface area (Å²) >= 11 is 0. The Bertz CT molecular complexity index is 423. The van der Waals surface area contributed by atoms with E-state index in [-0.39, 0.29) is 11.3 Å². The molecule has 1 aliphatic heterocycles. The zero-order valence-corrected chi connectivity index (χ0v) is 8.01. The molecule has 0 amide bonds. The van der Waals surface area contributed by atoms with Gasteiger partial charge >= 0.3 is 7.48 Å². The Balaban J connectivity index is 2.16. The van der Waals surface area contributed by atoms with E-state index in [0.29, 0.717) is 24.7 Å². The van der Waals surface area contributed by atoms with Crippen molar-refractivity contribution >= 4 is 7.48 Å². The van der Waals surface area contributed by atoms with Crippen LogP contribution < -0.4 is 10.4 Å². The van der Waals surface area contributed by atoms with E-state index in [1.165, 1.54) is 6.07 Å². The summed E-state index contributed by atoms with van der Waals surface area (Å²) in [4.78, 5) is 0. The van der Waals surface area contributed by atoms with E-state index in [0.717, 1.165) is 12.0 Å². The molecule has 2 atom stereocenters. The van der Waals surface area contributed by atoms with Gasteiger partial charge in [0.15, 0.2) is 0 Å². The molecule has 0 bridgehead atoms. The molecule has 4 heteroatoms. The lowest BCUT2D eigenvalue weighted by molar-refractivity contribution is 0.521. The van der Waals surface area contributed by atoms with E-state index in [4.69, 9.17) is 10.4 Å². The van der Waals surface area contributed by atoms with Crippen LogP contribution in [-0.4, -0.2) is 12.9 Å². The smallest absolute Gasteiger partial charge is 0.360 e. The molecule has 2 aliphatic rings. The quantitative estimate of drug-likeness (QED) is 0.621. The molecule has 1 fully saturated rings. The second kappa shape index (κ2) is 2.31. The third-order valence-electron chi connectivity index (χ3n) is 3.35. The van der Waals surface area contributed by atoms with Crippen LogP contribution in [0.3, 0.4) is 0 Å². The molecular formula is C10H11BFNO. The minimum absolute atomic E-state index is 0.169. The van der Waals surface area contributed by atoms with Gasteiger partial charge in [-0.25, -0.2) is 4.39 Å². The molecule has 1 aromatic rings. The third kappa shape index (κ3) is 0.893. The topological polar surface area (TPSA) is 35.2 Å². The molecule has 0 aromatic heterocycles. The van der Waals surface area contributed by atoms with Gasteiger partial charge in [0.1, 0.15) is 11.6 Å². The zero-order valence-electron chi connectivity index (χ0n) is 8.01. The standard InChI is InChI=1S/C10H11BFNO/c1-5-8(12)3-2-6-7-4-10(7,13)11-14-9(5)6/h2-3,7,11H,4,13H2,1H3. The van der Waals surface area contributed by atoms with Crippen LogP contribution in [-0.2, 0) is 0 Å². The second-order valence-corrected chi connectivity index (χ2v) is 4.37. The van der Waals surface area contributed by atoms with E-state index < -0.39 is 0 Å². The van der Waals surface area contributed by atoms with Crippen LogP contribution in [0.1, 0.15) is 23.5 Å². The summed E-state index contributed by atoms with van der Waals surface area (Å²) in [5.74, 6) is 0.896. The molecule has 0 saturated heterocycles. The van der Waals surface area contributed by atoms with Gasteiger partial charge in [-0.1, -0.05) is 6.07 Å². The maximum absolute atomic E-state index is 13.2. The van der Waals surface area contributed by atoms with Gasteiger partial charge in [0.25, 0.3) is 0 Å². The van der Waals surface area contributed by atoms with Crippen molar-refractivity contribution in [2.75, 3.05) is 0 Å². The highest BCUT2D eigenvalue weighted by atomic mass is 19.1. The number of fused-ring (bicyclic) bond motifs is 3. The fourth-order valence-electron chi connectivity index (χ4n) is 2.26. The van der Waals surface area contributed by atoms with Crippen LogP contribution in [0.25, 0.3) is 0 Å². The summed E-state index contributed by atoms with van der Waals surface area (Å²) in [6, 6.07) is 3.30. The minimum Gasteiger partial charge on any atom is -0.562 e. The number of benzene rings is 1. The third-order valence-corrected chi connectivity index (χ3v) is 3.35. The van der Waals surface area contributed by atoms with Crippen molar-refractivity contribution in [1.29, 1.82) is 0 Å². The Morgan fingerprint density at radius 3 is 3.21 bits per heavy atom. The van der Waals surface area contributed by atoms with Crippen molar-refractivity contribution in [1.82, 2.24) is 0 Å². The van der Waals surface area contributed by atoms with Gasteiger partial charge in [0.2, 0.25) is 0 Å². The van der Waals surface area contributed by atoms with Gasteiger partial charge in [-0.05, 0) is 25.0 Å². The minimum atomic E-state index is -0.200. The maximum atomic E-state index is 13.2. The van der Waals surface area contributed by atoms with E-state index in [1.54, 1.807) is 13.0 Å². The Kier molecular flexibility index (Phi) is 1.37. The molecule has 72 valence electrons. The molecule has 3 rings (SSSR count). The fraction of sp³-hybridized carbons (Fsp3) is 0.400. The predicted molar refractivity (Wildman–Crippen MR) is 53.2 cm³/mol. The molecule has 1 saturated carbocycles. The zero-order chi connectivity index (χ0) is 9.92. The highest BCUT2D eigenvalue weighted by Crippen LogP contribution is 2.55. The van der Waals surface area contributed by atoms with Crippen LogP contribution in [0.5, 0.6) is 5.75 Å². The molecule has 14 heavy (non-hydrogen) atoms. The van der Waals surface area contributed by atoms with Crippen LogP contribution in [0.15, 0.2) is 12.1 Å². The summed E-state index contributed by atoms with van der Waals surface area (Å²) < 4.78 is 18.8. The lowest BCUT2D eigenvalue weighted by atomic mass is 9.78. The van der Waals surface area contributed by atoms with Gasteiger partial charge in [-0.3, -0.25) is 0 Å². The summed E-state index contributed by atoms with van der Waals surface area (Å²) in [5, 5.41) is 0. The Morgan fingerprint density at radius 1 is 1.64 bits per heavy atom. The summed E-state index contributed by atoms with van der Waals surface area (Å²) in [7, 11) is 0.523. The Hall–Kier alpha value is -1.03. The molecule has 1 aromatic carbocycles. The number of halogens is 1. The molecule has 0 spiro atoms. The van der Waals surface area contributed by atoms with Gasteiger partial charge in [-0.2, -0.15) is 0 Å². The highest BCUT2D eigenvalue weighted by molar-refractivity contribution is 6.36. The average Bonchev–Trinajstić information content (AvgIpc) is 2.83. The number of rotatable bonds is 0. The molecule has 2 N–H and O–H groups in total. The van der Waals surface area contributed by atoms with Crippen molar-refractivity contribution in [2.45, 2.75) is 24.7 Å². The number of hydrogen-bond donors (Lipinski definition) is 1. The molecule has 1 aliphatic carbocycles. The lowest BCUT2D eigenvalue weighted by Crippen LogP contribution is -2.38. The first-order valence-corrected chi connectivity index (χ1v) is 4.82. The van der Waals surface area contributed by atoms with E-state index in [1.807, 2.05) is 0 Å². The van der Waals surface area contributed by atoms with Gasteiger partial charge < -0.3 is 10.4 Å². The Morgan fingerprint density at radius 2 is 2.43 bits per heavy atom. The lowest BCUT2D eigenvalue weighted by Gasteiger charge is -2.22. The molecule has 1 heterocycles. The Labute approximate surface area is 82.5 Å². The summed E-state index contributed by atoms with van der Waals surface area (Å²) in [5.41, 5.74) is 7.56. The van der Waals surface area contributed by atoms with Crippen molar-refractivity contribution in [3.8, 4) is 5.75 Å². The normalized spacial score (nSPS) is 32.4. The van der Waals surface area contributed by atoms with Gasteiger partial charge in [0.05, 0.1) is 0 Å². The predicted octanol–water partition coefficient (Wildman–Crippen LogP) is 1.02. The van der Waals surface area contributed by atoms with E-state index in [2.05, 4.69) is 0 Å². The summed E-state index contributed by atoms with van der Waals surface area (Å²) in [6.45, 7) is 1.75. The maximum Gasteiger partial charge on any atom is 0.360 e. The molecular weight excluding hydrogens is 180 g/mol.